The molecule has 0 radical (unpaired) electrons. The van der Waals surface area contributed by atoms with Crippen LogP contribution in [0.25, 0.3) is 0 Å². The summed E-state index contributed by atoms with van der Waals surface area (Å²) in [5, 5.41) is 12.0. The lowest BCUT2D eigenvalue weighted by molar-refractivity contribution is 0.201. The molecule has 6 nitrogen and oxygen atoms in total. The fourth-order valence-electron chi connectivity index (χ4n) is 2.27. The Hall–Kier alpha value is -2.60. The van der Waals surface area contributed by atoms with Crippen molar-refractivity contribution in [3.63, 3.8) is 0 Å². The number of para-hydroxylation sites is 2. The zero-order chi connectivity index (χ0) is 18.8. The van der Waals surface area contributed by atoms with Crippen molar-refractivity contribution in [1.82, 2.24) is 0 Å². The van der Waals surface area contributed by atoms with E-state index in [-0.39, 0.29) is 6.61 Å². The predicted molar refractivity (Wildman–Crippen MR) is 101 cm³/mol. The highest BCUT2D eigenvalue weighted by atomic mass is 35.5. The number of hydrogen-bond acceptors (Lipinski definition) is 6. The van der Waals surface area contributed by atoms with Crippen LogP contribution in [-0.4, -0.2) is 37.8 Å². The topological polar surface area (TPSA) is 69.5 Å². The zero-order valence-corrected chi connectivity index (χ0v) is 15.5. The fraction of sp³-hybridized carbons (Fsp3) is 0.316. The third-order valence-electron chi connectivity index (χ3n) is 3.27. The van der Waals surface area contributed by atoms with Crippen molar-refractivity contribution in [2.45, 2.75) is 13.8 Å². The lowest BCUT2D eigenvalue weighted by Gasteiger charge is -2.15. The molecule has 140 valence electrons. The standard InChI is InChI=1S/C19H22ClNO5/c1-3-23-16-7-5-6-8-17(16)25-9-10-26-19-15(20)11-14(13-21-22)12-18(19)24-4-2/h5-8,11-13,22H,3-4,9-10H2,1-2H3. The molecule has 0 unspecified atom stereocenters. The molecule has 0 heterocycles. The fourth-order valence-corrected chi connectivity index (χ4v) is 2.55. The minimum atomic E-state index is 0.272. The van der Waals surface area contributed by atoms with E-state index in [0.29, 0.717) is 53.4 Å². The van der Waals surface area contributed by atoms with E-state index in [1.54, 1.807) is 12.1 Å². The van der Waals surface area contributed by atoms with E-state index < -0.39 is 0 Å². The van der Waals surface area contributed by atoms with Crippen LogP contribution >= 0.6 is 11.6 Å². The molecule has 0 aliphatic heterocycles. The van der Waals surface area contributed by atoms with Crippen molar-refractivity contribution in [3.8, 4) is 23.0 Å². The summed E-state index contributed by atoms with van der Waals surface area (Å²) < 4.78 is 22.5. The van der Waals surface area contributed by atoms with Crippen LogP contribution in [0.2, 0.25) is 5.02 Å². The van der Waals surface area contributed by atoms with Crippen LogP contribution in [0.5, 0.6) is 23.0 Å². The molecule has 1 N–H and O–H groups in total. The van der Waals surface area contributed by atoms with Crippen molar-refractivity contribution in [3.05, 3.63) is 47.0 Å². The van der Waals surface area contributed by atoms with Gasteiger partial charge in [0.1, 0.15) is 13.2 Å². The molecule has 2 aromatic rings. The van der Waals surface area contributed by atoms with Gasteiger partial charge in [-0.3, -0.25) is 0 Å². The quantitative estimate of drug-likeness (QED) is 0.287. The SMILES string of the molecule is CCOc1ccccc1OCCOc1c(Cl)cc(C=NO)cc1OCC. The largest absolute Gasteiger partial charge is 0.490 e. The minimum Gasteiger partial charge on any atom is -0.490 e. The number of benzene rings is 2. The third-order valence-corrected chi connectivity index (χ3v) is 3.56. The molecule has 26 heavy (non-hydrogen) atoms. The first-order chi connectivity index (χ1) is 12.7. The van der Waals surface area contributed by atoms with Gasteiger partial charge >= 0.3 is 0 Å². The Labute approximate surface area is 157 Å². The summed E-state index contributed by atoms with van der Waals surface area (Å²) in [4.78, 5) is 0. The second kappa shape index (κ2) is 10.4. The molecule has 2 aromatic carbocycles. The Bertz CT molecular complexity index is 736. The van der Waals surface area contributed by atoms with Gasteiger partial charge in [0.2, 0.25) is 0 Å². The van der Waals surface area contributed by atoms with Crippen molar-refractivity contribution >= 4 is 17.8 Å². The number of hydrogen-bond donors (Lipinski definition) is 1. The summed E-state index contributed by atoms with van der Waals surface area (Å²) in [5.41, 5.74) is 0.607. The average molecular weight is 380 g/mol. The van der Waals surface area contributed by atoms with Gasteiger partial charge in [0.25, 0.3) is 0 Å². The van der Waals surface area contributed by atoms with Crippen LogP contribution in [0.4, 0.5) is 0 Å². The lowest BCUT2D eigenvalue weighted by Crippen LogP contribution is -2.11. The third kappa shape index (κ3) is 5.46. The van der Waals surface area contributed by atoms with Crippen molar-refractivity contribution in [2.75, 3.05) is 26.4 Å². The molecule has 0 aliphatic carbocycles. The maximum atomic E-state index is 8.67. The van der Waals surface area contributed by atoms with Crippen molar-refractivity contribution < 1.29 is 24.2 Å². The van der Waals surface area contributed by atoms with Crippen LogP contribution in [0, 0.1) is 0 Å². The lowest BCUT2D eigenvalue weighted by atomic mass is 10.2. The van der Waals surface area contributed by atoms with Gasteiger partial charge in [0, 0.05) is 5.56 Å². The first kappa shape index (κ1) is 19.7. The normalized spacial score (nSPS) is 10.7. The molecule has 0 fully saturated rings. The zero-order valence-electron chi connectivity index (χ0n) is 14.8. The van der Waals surface area contributed by atoms with E-state index in [1.807, 2.05) is 38.1 Å². The van der Waals surface area contributed by atoms with Crippen molar-refractivity contribution in [1.29, 1.82) is 0 Å². The second-order valence-electron chi connectivity index (χ2n) is 5.08. The van der Waals surface area contributed by atoms with Crippen LogP contribution in [0.15, 0.2) is 41.6 Å². The Morgan fingerprint density at radius 1 is 0.923 bits per heavy atom. The van der Waals surface area contributed by atoms with Crippen LogP contribution in [0.1, 0.15) is 19.4 Å². The van der Waals surface area contributed by atoms with Gasteiger partial charge < -0.3 is 24.2 Å². The number of halogens is 1. The number of ether oxygens (including phenoxy) is 4. The van der Waals surface area contributed by atoms with Gasteiger partial charge in [-0.1, -0.05) is 28.9 Å². The highest BCUT2D eigenvalue weighted by molar-refractivity contribution is 6.32. The van der Waals surface area contributed by atoms with Crippen molar-refractivity contribution in [2.24, 2.45) is 5.16 Å². The maximum Gasteiger partial charge on any atom is 0.179 e. The van der Waals surface area contributed by atoms with E-state index in [1.165, 1.54) is 6.21 Å². The first-order valence-electron chi connectivity index (χ1n) is 8.30. The molecular formula is C19H22ClNO5. The number of rotatable bonds is 10. The summed E-state index contributed by atoms with van der Waals surface area (Å²) in [6, 6.07) is 10.8. The highest BCUT2D eigenvalue weighted by Gasteiger charge is 2.12. The van der Waals surface area contributed by atoms with E-state index >= 15 is 0 Å². The number of oxime groups is 1. The van der Waals surface area contributed by atoms with Crippen LogP contribution in [0.3, 0.4) is 0 Å². The summed E-state index contributed by atoms with van der Waals surface area (Å²) in [6.07, 6.45) is 1.27. The Kier molecular flexibility index (Phi) is 7.89. The van der Waals surface area contributed by atoms with Gasteiger partial charge in [-0.2, -0.15) is 0 Å². The molecule has 0 spiro atoms. The van der Waals surface area contributed by atoms with Gasteiger partial charge in [-0.15, -0.1) is 0 Å². The van der Waals surface area contributed by atoms with Gasteiger partial charge in [-0.25, -0.2) is 0 Å². The monoisotopic (exact) mass is 379 g/mol. The van der Waals surface area contributed by atoms with E-state index in [2.05, 4.69) is 5.16 Å². The Morgan fingerprint density at radius 3 is 2.19 bits per heavy atom. The molecule has 0 bridgehead atoms. The molecule has 2 rings (SSSR count). The predicted octanol–water partition coefficient (Wildman–Crippen LogP) is 4.40. The van der Waals surface area contributed by atoms with Crippen LogP contribution < -0.4 is 18.9 Å². The summed E-state index contributed by atoms with van der Waals surface area (Å²) in [6.45, 7) is 5.37. The highest BCUT2D eigenvalue weighted by Crippen LogP contribution is 2.36. The van der Waals surface area contributed by atoms with E-state index in [4.69, 9.17) is 35.8 Å². The molecule has 0 amide bonds. The van der Waals surface area contributed by atoms with Gasteiger partial charge in [0.05, 0.1) is 24.5 Å². The molecule has 0 aliphatic rings. The summed E-state index contributed by atoms with van der Waals surface area (Å²) in [5.74, 6) is 2.24. The molecule has 7 heteroatoms. The molecule has 0 aromatic heterocycles. The van der Waals surface area contributed by atoms with Gasteiger partial charge in [-0.05, 0) is 38.1 Å². The number of nitrogens with zero attached hydrogens (tertiary/aromatic N) is 1. The minimum absolute atomic E-state index is 0.272. The Balaban J connectivity index is 2.01. The smallest absolute Gasteiger partial charge is 0.179 e. The second-order valence-corrected chi connectivity index (χ2v) is 5.49. The Morgan fingerprint density at radius 2 is 1.54 bits per heavy atom. The molecule has 0 saturated heterocycles. The van der Waals surface area contributed by atoms with E-state index in [9.17, 15) is 0 Å². The maximum absolute atomic E-state index is 8.67. The average Bonchev–Trinajstić information content (AvgIpc) is 2.62. The van der Waals surface area contributed by atoms with E-state index in [0.717, 1.165) is 0 Å². The first-order valence-corrected chi connectivity index (χ1v) is 8.68. The van der Waals surface area contributed by atoms with Gasteiger partial charge in [0.15, 0.2) is 23.0 Å². The van der Waals surface area contributed by atoms with Crippen LogP contribution in [-0.2, 0) is 0 Å². The summed E-state index contributed by atoms with van der Waals surface area (Å²) in [7, 11) is 0. The molecule has 0 atom stereocenters. The molecular weight excluding hydrogens is 358 g/mol. The molecule has 0 saturated carbocycles. The summed E-state index contributed by atoms with van der Waals surface area (Å²) >= 11 is 6.26.